The molecule has 1 amide bonds. The van der Waals surface area contributed by atoms with Gasteiger partial charge >= 0.3 is 5.69 Å². The van der Waals surface area contributed by atoms with E-state index in [2.05, 4.69) is 10.3 Å². The van der Waals surface area contributed by atoms with Gasteiger partial charge in [-0.1, -0.05) is 23.7 Å². The second-order valence-electron chi connectivity index (χ2n) is 6.28. The van der Waals surface area contributed by atoms with E-state index in [0.717, 1.165) is 20.8 Å². The molecule has 0 aliphatic heterocycles. The van der Waals surface area contributed by atoms with Crippen LogP contribution in [0, 0.1) is 10.1 Å². The van der Waals surface area contributed by atoms with E-state index in [1.807, 2.05) is 24.3 Å². The normalized spacial score (nSPS) is 10.7. The van der Waals surface area contributed by atoms with Crippen molar-refractivity contribution < 1.29 is 14.5 Å². The molecule has 30 heavy (non-hydrogen) atoms. The molecule has 0 unspecified atom stereocenters. The van der Waals surface area contributed by atoms with Gasteiger partial charge < -0.3 is 10.1 Å². The van der Waals surface area contributed by atoms with Crippen molar-refractivity contribution in [3.8, 4) is 16.3 Å². The molecule has 0 saturated heterocycles. The number of hydrogen-bond donors (Lipinski definition) is 1. The fraction of sp³-hybridized carbons (Fsp3) is 0.0476. The molecule has 7 nitrogen and oxygen atoms in total. The van der Waals surface area contributed by atoms with Gasteiger partial charge in [0.2, 0.25) is 0 Å². The molecule has 0 atom stereocenters. The van der Waals surface area contributed by atoms with Crippen LogP contribution in [0.25, 0.3) is 20.8 Å². The van der Waals surface area contributed by atoms with Gasteiger partial charge in [0.25, 0.3) is 5.91 Å². The quantitative estimate of drug-likeness (QED) is 0.314. The average molecular weight is 440 g/mol. The zero-order valence-corrected chi connectivity index (χ0v) is 17.2. The van der Waals surface area contributed by atoms with Crippen LogP contribution in [0.2, 0.25) is 5.02 Å². The lowest BCUT2D eigenvalue weighted by Crippen LogP contribution is -2.12. The number of aromatic nitrogens is 1. The van der Waals surface area contributed by atoms with E-state index in [9.17, 15) is 14.9 Å². The highest BCUT2D eigenvalue weighted by Crippen LogP contribution is 2.36. The maximum absolute atomic E-state index is 12.5. The molecule has 0 spiro atoms. The number of methoxy groups -OCH3 is 1. The Labute approximate surface area is 180 Å². The number of nitrogens with zero attached hydrogens (tertiary/aromatic N) is 2. The Morgan fingerprint density at radius 1 is 1.17 bits per heavy atom. The summed E-state index contributed by atoms with van der Waals surface area (Å²) in [6.07, 6.45) is 0. The molecule has 3 aromatic carbocycles. The molecule has 0 fully saturated rings. The number of carbonyl (C=O) groups excluding carboxylic acids is 1. The summed E-state index contributed by atoms with van der Waals surface area (Å²) < 4.78 is 6.01. The number of benzene rings is 3. The highest BCUT2D eigenvalue weighted by Gasteiger charge is 2.19. The van der Waals surface area contributed by atoms with Crippen molar-refractivity contribution in [2.24, 2.45) is 0 Å². The third-order valence-electron chi connectivity index (χ3n) is 4.39. The highest BCUT2D eigenvalue weighted by atomic mass is 35.5. The van der Waals surface area contributed by atoms with Crippen LogP contribution < -0.4 is 10.1 Å². The van der Waals surface area contributed by atoms with Gasteiger partial charge in [0.05, 0.1) is 27.3 Å². The number of fused-ring (bicyclic) bond motifs is 1. The SMILES string of the molecule is COc1ccc(C(=O)Nc2ccc(-c3nc4ccccc4s3)c(Cl)c2)cc1[N+](=O)[O-]. The number of rotatable bonds is 5. The van der Waals surface area contributed by atoms with Gasteiger partial charge in [-0.25, -0.2) is 4.98 Å². The topological polar surface area (TPSA) is 94.4 Å². The lowest BCUT2D eigenvalue weighted by atomic mass is 10.1. The number of thiazole rings is 1. The van der Waals surface area contributed by atoms with Gasteiger partial charge in [0.1, 0.15) is 5.01 Å². The Morgan fingerprint density at radius 3 is 2.67 bits per heavy atom. The summed E-state index contributed by atoms with van der Waals surface area (Å²) in [6, 6.07) is 16.9. The Bertz CT molecular complexity index is 1260. The van der Waals surface area contributed by atoms with Crippen molar-refractivity contribution in [1.82, 2.24) is 4.98 Å². The largest absolute Gasteiger partial charge is 0.490 e. The predicted octanol–water partition coefficient (Wildman–Crippen LogP) is 5.79. The molecule has 9 heteroatoms. The summed E-state index contributed by atoms with van der Waals surface area (Å²) in [5.74, 6) is -0.413. The Balaban J connectivity index is 1.58. The number of carbonyl (C=O) groups is 1. The van der Waals surface area contributed by atoms with Crippen LogP contribution >= 0.6 is 22.9 Å². The third-order valence-corrected chi connectivity index (χ3v) is 5.77. The number of nitro groups is 1. The zero-order chi connectivity index (χ0) is 21.3. The molecule has 1 heterocycles. The van der Waals surface area contributed by atoms with Gasteiger partial charge in [-0.15, -0.1) is 11.3 Å². The van der Waals surface area contributed by atoms with Crippen molar-refractivity contribution >= 4 is 50.4 Å². The fourth-order valence-corrected chi connectivity index (χ4v) is 4.26. The van der Waals surface area contributed by atoms with Gasteiger partial charge in [-0.3, -0.25) is 14.9 Å². The molecule has 150 valence electrons. The van der Waals surface area contributed by atoms with Crippen molar-refractivity contribution in [2.45, 2.75) is 0 Å². The van der Waals surface area contributed by atoms with E-state index in [1.165, 1.54) is 36.6 Å². The van der Waals surface area contributed by atoms with Crippen molar-refractivity contribution in [3.63, 3.8) is 0 Å². The first kappa shape index (κ1) is 19.8. The average Bonchev–Trinajstić information content (AvgIpc) is 3.17. The molecule has 0 radical (unpaired) electrons. The summed E-state index contributed by atoms with van der Waals surface area (Å²) in [7, 11) is 1.33. The van der Waals surface area contributed by atoms with Crippen LogP contribution in [0.4, 0.5) is 11.4 Å². The van der Waals surface area contributed by atoms with Crippen molar-refractivity contribution in [2.75, 3.05) is 12.4 Å². The standard InChI is InChI=1S/C21H14ClN3O4S/c1-29-18-9-6-12(10-17(18)25(27)28)20(26)23-13-7-8-14(15(22)11-13)21-24-16-4-2-3-5-19(16)30-21/h2-11H,1H3,(H,23,26). The molecular weight excluding hydrogens is 426 g/mol. The molecule has 1 aromatic heterocycles. The van der Waals surface area contributed by atoms with Crippen LogP contribution in [0.3, 0.4) is 0 Å². The number of anilines is 1. The molecule has 0 aliphatic carbocycles. The second-order valence-corrected chi connectivity index (χ2v) is 7.72. The first-order valence-electron chi connectivity index (χ1n) is 8.75. The van der Waals surface area contributed by atoms with E-state index in [0.29, 0.717) is 10.7 Å². The van der Waals surface area contributed by atoms with Gasteiger partial charge in [0, 0.05) is 22.9 Å². The highest BCUT2D eigenvalue weighted by molar-refractivity contribution is 7.21. The first-order valence-corrected chi connectivity index (χ1v) is 9.95. The van der Waals surface area contributed by atoms with E-state index in [4.69, 9.17) is 16.3 Å². The minimum absolute atomic E-state index is 0.0831. The summed E-state index contributed by atoms with van der Waals surface area (Å²) in [4.78, 5) is 27.7. The Morgan fingerprint density at radius 2 is 1.97 bits per heavy atom. The molecule has 0 bridgehead atoms. The summed E-state index contributed by atoms with van der Waals surface area (Å²) in [6.45, 7) is 0. The molecular formula is C21H14ClN3O4S. The first-order chi connectivity index (χ1) is 14.5. The van der Waals surface area contributed by atoms with Crippen LogP contribution in [-0.4, -0.2) is 22.9 Å². The second kappa shape index (κ2) is 8.10. The van der Waals surface area contributed by atoms with Gasteiger partial charge in [0.15, 0.2) is 5.75 Å². The molecule has 4 rings (SSSR count). The van der Waals surface area contributed by atoms with E-state index < -0.39 is 10.8 Å². The number of para-hydroxylation sites is 1. The van der Waals surface area contributed by atoms with Crippen molar-refractivity contribution in [3.05, 3.63) is 81.4 Å². The number of halogens is 1. The number of nitrogens with one attached hydrogen (secondary N) is 1. The van der Waals surface area contributed by atoms with E-state index >= 15 is 0 Å². The molecule has 4 aromatic rings. The molecule has 1 N–H and O–H groups in total. The summed E-state index contributed by atoms with van der Waals surface area (Å²) >= 11 is 7.97. The maximum Gasteiger partial charge on any atom is 0.311 e. The van der Waals surface area contributed by atoms with Gasteiger partial charge in [-0.05, 0) is 42.5 Å². The number of hydrogen-bond acceptors (Lipinski definition) is 6. The molecule has 0 aliphatic rings. The monoisotopic (exact) mass is 439 g/mol. The smallest absolute Gasteiger partial charge is 0.311 e. The Hall–Kier alpha value is -3.49. The number of amides is 1. The zero-order valence-electron chi connectivity index (χ0n) is 15.6. The third kappa shape index (κ3) is 3.83. The van der Waals surface area contributed by atoms with E-state index in [1.54, 1.807) is 18.2 Å². The lowest BCUT2D eigenvalue weighted by molar-refractivity contribution is -0.385. The van der Waals surface area contributed by atoms with Crippen LogP contribution in [0.5, 0.6) is 5.75 Å². The van der Waals surface area contributed by atoms with Gasteiger partial charge in [-0.2, -0.15) is 0 Å². The summed E-state index contributed by atoms with van der Waals surface area (Å²) in [5.41, 5.74) is 1.97. The lowest BCUT2D eigenvalue weighted by Gasteiger charge is -2.08. The Kier molecular flexibility index (Phi) is 5.35. The summed E-state index contributed by atoms with van der Waals surface area (Å²) in [5, 5.41) is 15.1. The van der Waals surface area contributed by atoms with Crippen LogP contribution in [0.1, 0.15) is 10.4 Å². The minimum atomic E-state index is -0.598. The fourth-order valence-electron chi connectivity index (χ4n) is 2.93. The number of ether oxygens (including phenoxy) is 1. The molecule has 0 saturated carbocycles. The van der Waals surface area contributed by atoms with Crippen molar-refractivity contribution in [1.29, 1.82) is 0 Å². The predicted molar refractivity (Wildman–Crippen MR) is 118 cm³/mol. The maximum atomic E-state index is 12.5. The number of nitro benzene ring substituents is 1. The minimum Gasteiger partial charge on any atom is -0.490 e. The van der Waals surface area contributed by atoms with Crippen LogP contribution in [-0.2, 0) is 0 Å². The van der Waals surface area contributed by atoms with Crippen LogP contribution in [0.15, 0.2) is 60.7 Å². The van der Waals surface area contributed by atoms with E-state index in [-0.39, 0.29) is 17.0 Å².